The first-order chi connectivity index (χ1) is 8.25. The lowest BCUT2D eigenvalue weighted by Gasteiger charge is -2.12. The summed E-state index contributed by atoms with van der Waals surface area (Å²) in [7, 11) is -3.20. The van der Waals surface area contributed by atoms with Gasteiger partial charge in [0.1, 0.15) is 0 Å². The molecule has 1 unspecified atom stereocenters. The van der Waals surface area contributed by atoms with Crippen LogP contribution >= 0.6 is 0 Å². The predicted octanol–water partition coefficient (Wildman–Crippen LogP) is 2.38. The Kier molecular flexibility index (Phi) is 4.51. The Bertz CT molecular complexity index is 549. The maximum Gasteiger partial charge on any atom is 0.227 e. The summed E-state index contributed by atoms with van der Waals surface area (Å²) < 4.78 is 22.8. The average Bonchev–Trinajstić information content (AvgIpc) is 2.29. The van der Waals surface area contributed by atoms with Crippen LogP contribution in [0.4, 0.5) is 5.69 Å². The lowest BCUT2D eigenvalue weighted by molar-refractivity contribution is -0.119. The van der Waals surface area contributed by atoms with E-state index in [0.717, 1.165) is 12.0 Å². The van der Waals surface area contributed by atoms with Gasteiger partial charge in [-0.2, -0.15) is 0 Å². The van der Waals surface area contributed by atoms with Gasteiger partial charge < -0.3 is 5.32 Å². The molecule has 0 saturated carbocycles. The topological polar surface area (TPSA) is 63.2 Å². The van der Waals surface area contributed by atoms with Crippen molar-refractivity contribution < 1.29 is 13.2 Å². The highest BCUT2D eigenvalue weighted by Gasteiger charge is 2.13. The van der Waals surface area contributed by atoms with Crippen molar-refractivity contribution in [3.05, 3.63) is 23.8 Å². The zero-order valence-corrected chi connectivity index (χ0v) is 12.0. The Morgan fingerprint density at radius 1 is 1.39 bits per heavy atom. The molecule has 1 aromatic rings. The van der Waals surface area contributed by atoms with Gasteiger partial charge in [-0.1, -0.05) is 13.8 Å². The lowest BCUT2D eigenvalue weighted by atomic mass is 10.1. The fourth-order valence-corrected chi connectivity index (χ4v) is 2.15. The van der Waals surface area contributed by atoms with Gasteiger partial charge in [0, 0.05) is 17.9 Å². The fourth-order valence-electron chi connectivity index (χ4n) is 1.45. The van der Waals surface area contributed by atoms with Gasteiger partial charge in [0.2, 0.25) is 5.91 Å². The molecule has 1 atom stereocenters. The molecule has 18 heavy (non-hydrogen) atoms. The second-order valence-electron chi connectivity index (χ2n) is 4.55. The van der Waals surface area contributed by atoms with Crippen molar-refractivity contribution in [3.63, 3.8) is 0 Å². The van der Waals surface area contributed by atoms with E-state index >= 15 is 0 Å². The van der Waals surface area contributed by atoms with Gasteiger partial charge in [0.15, 0.2) is 9.84 Å². The molecular weight excluding hydrogens is 250 g/mol. The highest BCUT2D eigenvalue weighted by atomic mass is 32.2. The monoisotopic (exact) mass is 269 g/mol. The number of carbonyl (C=O) groups excluding carboxylic acids is 1. The summed E-state index contributed by atoms with van der Waals surface area (Å²) in [6.07, 6.45) is 1.94. The summed E-state index contributed by atoms with van der Waals surface area (Å²) in [5.74, 6) is -0.105. The molecule has 0 fully saturated rings. The van der Waals surface area contributed by atoms with E-state index in [4.69, 9.17) is 0 Å². The van der Waals surface area contributed by atoms with Crippen LogP contribution in [0.5, 0.6) is 0 Å². The summed E-state index contributed by atoms with van der Waals surface area (Å²) in [4.78, 5) is 12.0. The van der Waals surface area contributed by atoms with E-state index in [-0.39, 0.29) is 16.7 Å². The average molecular weight is 269 g/mol. The van der Waals surface area contributed by atoms with Crippen LogP contribution in [0.3, 0.4) is 0 Å². The molecule has 0 bridgehead atoms. The smallest absolute Gasteiger partial charge is 0.227 e. The summed E-state index contributed by atoms with van der Waals surface area (Å²) >= 11 is 0. The number of nitrogens with one attached hydrogen (secondary N) is 1. The standard InChI is InChI=1S/C13H19NO3S/c1-5-9(2)13(15)14-12-7-6-11(8-10(12)3)18(4,16)17/h6-9H,5H2,1-4H3,(H,14,15). The SMILES string of the molecule is CCC(C)C(=O)Nc1ccc(S(C)(=O)=O)cc1C. The largest absolute Gasteiger partial charge is 0.326 e. The van der Waals surface area contributed by atoms with Crippen LogP contribution in [0, 0.1) is 12.8 Å². The molecule has 1 rings (SSSR count). The van der Waals surface area contributed by atoms with Gasteiger partial charge in [0.05, 0.1) is 4.90 Å². The van der Waals surface area contributed by atoms with Gasteiger partial charge in [-0.25, -0.2) is 8.42 Å². The Hall–Kier alpha value is -1.36. The van der Waals surface area contributed by atoms with Crippen LogP contribution in [-0.2, 0) is 14.6 Å². The van der Waals surface area contributed by atoms with E-state index in [1.54, 1.807) is 19.1 Å². The Balaban J connectivity index is 2.97. The zero-order chi connectivity index (χ0) is 13.9. The molecule has 0 spiro atoms. The molecule has 0 aromatic heterocycles. The van der Waals surface area contributed by atoms with Gasteiger partial charge in [-0.3, -0.25) is 4.79 Å². The van der Waals surface area contributed by atoms with Crippen LogP contribution in [0.15, 0.2) is 23.1 Å². The van der Waals surface area contributed by atoms with Crippen LogP contribution in [0.1, 0.15) is 25.8 Å². The molecule has 4 nitrogen and oxygen atoms in total. The highest BCUT2D eigenvalue weighted by molar-refractivity contribution is 7.90. The van der Waals surface area contributed by atoms with Crippen LogP contribution < -0.4 is 5.32 Å². The van der Waals surface area contributed by atoms with Gasteiger partial charge in [-0.05, 0) is 37.1 Å². The van der Waals surface area contributed by atoms with Crippen molar-refractivity contribution in [1.82, 2.24) is 0 Å². The zero-order valence-electron chi connectivity index (χ0n) is 11.1. The van der Waals surface area contributed by atoms with Crippen molar-refractivity contribution in [2.75, 3.05) is 11.6 Å². The van der Waals surface area contributed by atoms with E-state index in [1.807, 2.05) is 13.8 Å². The first kappa shape index (κ1) is 14.7. The minimum atomic E-state index is -3.20. The minimum absolute atomic E-state index is 0.0484. The lowest BCUT2D eigenvalue weighted by Crippen LogP contribution is -2.20. The summed E-state index contributed by atoms with van der Waals surface area (Å²) in [5, 5.41) is 2.81. The van der Waals surface area contributed by atoms with Crippen LogP contribution in [-0.4, -0.2) is 20.6 Å². The third-order valence-corrected chi connectivity index (χ3v) is 4.05. The van der Waals surface area contributed by atoms with Gasteiger partial charge in [0.25, 0.3) is 0 Å². The number of benzene rings is 1. The third-order valence-electron chi connectivity index (χ3n) is 2.94. The highest BCUT2D eigenvalue weighted by Crippen LogP contribution is 2.20. The Morgan fingerprint density at radius 2 is 2.00 bits per heavy atom. The first-order valence-electron chi connectivity index (χ1n) is 5.87. The molecular formula is C13H19NO3S. The minimum Gasteiger partial charge on any atom is -0.326 e. The summed E-state index contributed by atoms with van der Waals surface area (Å²) in [6.45, 7) is 5.58. The van der Waals surface area contributed by atoms with Crippen molar-refractivity contribution in [2.45, 2.75) is 32.1 Å². The molecule has 0 heterocycles. The van der Waals surface area contributed by atoms with E-state index in [0.29, 0.717) is 5.69 Å². The molecule has 0 aliphatic heterocycles. The summed E-state index contributed by atoms with van der Waals surface area (Å²) in [6, 6.07) is 4.71. The second kappa shape index (κ2) is 5.52. The second-order valence-corrected chi connectivity index (χ2v) is 6.56. The number of hydrogen-bond donors (Lipinski definition) is 1. The normalized spacial score (nSPS) is 13.1. The molecule has 0 aliphatic rings. The van der Waals surface area contributed by atoms with Crippen molar-refractivity contribution in [2.24, 2.45) is 5.92 Å². The molecule has 0 saturated heterocycles. The number of hydrogen-bond acceptors (Lipinski definition) is 3. The summed E-state index contributed by atoms with van der Waals surface area (Å²) in [5.41, 5.74) is 1.40. The number of aryl methyl sites for hydroxylation is 1. The number of amides is 1. The predicted molar refractivity (Wildman–Crippen MR) is 72.4 cm³/mol. The molecule has 1 N–H and O–H groups in total. The maximum absolute atomic E-state index is 11.7. The van der Waals surface area contributed by atoms with Crippen molar-refractivity contribution >= 4 is 21.4 Å². The van der Waals surface area contributed by atoms with Crippen molar-refractivity contribution in [3.8, 4) is 0 Å². The van der Waals surface area contributed by atoms with Crippen LogP contribution in [0.2, 0.25) is 0 Å². The molecule has 5 heteroatoms. The van der Waals surface area contributed by atoms with Gasteiger partial charge in [-0.15, -0.1) is 0 Å². The van der Waals surface area contributed by atoms with Crippen molar-refractivity contribution in [1.29, 1.82) is 0 Å². The number of carbonyl (C=O) groups is 1. The van der Waals surface area contributed by atoms with E-state index < -0.39 is 9.84 Å². The quantitative estimate of drug-likeness (QED) is 0.912. The number of anilines is 1. The molecule has 0 aliphatic carbocycles. The fraction of sp³-hybridized carbons (Fsp3) is 0.462. The third kappa shape index (κ3) is 3.57. The van der Waals surface area contributed by atoms with E-state index in [2.05, 4.69) is 5.32 Å². The number of sulfone groups is 1. The first-order valence-corrected chi connectivity index (χ1v) is 7.76. The Labute approximate surface area is 108 Å². The van der Waals surface area contributed by atoms with E-state index in [1.165, 1.54) is 12.3 Å². The molecule has 1 aromatic carbocycles. The Morgan fingerprint density at radius 3 is 2.44 bits per heavy atom. The van der Waals surface area contributed by atoms with Crippen LogP contribution in [0.25, 0.3) is 0 Å². The van der Waals surface area contributed by atoms with Gasteiger partial charge >= 0.3 is 0 Å². The number of rotatable bonds is 4. The molecule has 1 amide bonds. The molecule has 100 valence electrons. The maximum atomic E-state index is 11.7. The van der Waals surface area contributed by atoms with E-state index in [9.17, 15) is 13.2 Å². The molecule has 0 radical (unpaired) electrons.